The highest BCUT2D eigenvalue weighted by Gasteiger charge is 2.39. The maximum absolute atomic E-state index is 13.6. The molecule has 0 atom stereocenters. The Hall–Kier alpha value is -1.69. The summed E-state index contributed by atoms with van der Waals surface area (Å²) in [5.74, 6) is 1.05. The second kappa shape index (κ2) is 7.29. The van der Waals surface area contributed by atoms with Crippen molar-refractivity contribution in [3.05, 3.63) is 26.6 Å². The van der Waals surface area contributed by atoms with Crippen molar-refractivity contribution in [1.82, 2.24) is 14.5 Å². The first-order valence-electron chi connectivity index (χ1n) is 11.0. The zero-order valence-electron chi connectivity index (χ0n) is 16.7. The molecule has 1 amide bonds. The Morgan fingerprint density at radius 3 is 2.50 bits per heavy atom. The van der Waals surface area contributed by atoms with Crippen LogP contribution in [0.1, 0.15) is 85.3 Å². The Labute approximate surface area is 169 Å². The summed E-state index contributed by atoms with van der Waals surface area (Å²) in [6, 6.07) is 0.787. The molecule has 28 heavy (non-hydrogen) atoms. The fourth-order valence-corrected chi connectivity index (χ4v) is 6.21. The van der Waals surface area contributed by atoms with Crippen molar-refractivity contribution < 1.29 is 4.79 Å². The van der Waals surface area contributed by atoms with E-state index in [9.17, 15) is 9.59 Å². The molecule has 6 heteroatoms. The van der Waals surface area contributed by atoms with Crippen LogP contribution in [0.4, 0.5) is 0 Å². The predicted octanol–water partition coefficient (Wildman–Crippen LogP) is 4.43. The summed E-state index contributed by atoms with van der Waals surface area (Å²) < 4.78 is 1.86. The summed E-state index contributed by atoms with van der Waals surface area (Å²) in [5, 5.41) is 0.679. The lowest BCUT2D eigenvalue weighted by Gasteiger charge is -2.34. The summed E-state index contributed by atoms with van der Waals surface area (Å²) in [4.78, 5) is 35.3. The fraction of sp³-hybridized carbons (Fsp3) is 0.682. The van der Waals surface area contributed by atoms with E-state index < -0.39 is 0 Å². The van der Waals surface area contributed by atoms with E-state index in [-0.39, 0.29) is 11.5 Å². The molecule has 0 radical (unpaired) electrons. The molecule has 2 saturated carbocycles. The first-order chi connectivity index (χ1) is 13.6. The van der Waals surface area contributed by atoms with Gasteiger partial charge in [0.2, 0.25) is 0 Å². The Balaban J connectivity index is 1.57. The molecule has 2 aromatic rings. The number of carbonyl (C=O) groups excluding carboxylic acids is 1. The minimum absolute atomic E-state index is 0.0605. The molecule has 0 unspecified atom stereocenters. The molecular formula is C22H29N3O2S. The first kappa shape index (κ1) is 18.3. The molecule has 2 aromatic heterocycles. The van der Waals surface area contributed by atoms with Crippen molar-refractivity contribution in [3.63, 3.8) is 0 Å². The van der Waals surface area contributed by atoms with Gasteiger partial charge in [0.1, 0.15) is 10.7 Å². The zero-order chi connectivity index (χ0) is 19.3. The van der Waals surface area contributed by atoms with Crippen LogP contribution >= 0.6 is 11.3 Å². The summed E-state index contributed by atoms with van der Waals surface area (Å²) in [6.07, 6.45) is 12.4. The number of hydrogen-bond donors (Lipinski definition) is 0. The van der Waals surface area contributed by atoms with Gasteiger partial charge in [0.15, 0.2) is 0 Å². The van der Waals surface area contributed by atoms with Crippen molar-refractivity contribution in [2.45, 2.75) is 96.2 Å². The number of fused-ring (bicyclic) bond motifs is 2. The van der Waals surface area contributed by atoms with E-state index in [1.807, 2.05) is 11.5 Å². The van der Waals surface area contributed by atoms with Crippen LogP contribution in [0.5, 0.6) is 0 Å². The average Bonchev–Trinajstić information content (AvgIpc) is 3.50. The van der Waals surface area contributed by atoms with Gasteiger partial charge in [-0.1, -0.05) is 25.7 Å². The monoisotopic (exact) mass is 399 g/mol. The molecule has 3 heterocycles. The van der Waals surface area contributed by atoms with Crippen molar-refractivity contribution >= 4 is 27.5 Å². The number of thiophene rings is 1. The SMILES string of the molecule is Cc1c(C(=O)N(C2CCCCC2)C2CC2)sc2nc3n(c(=O)c12)CCCCC3. The molecule has 0 bridgehead atoms. The van der Waals surface area contributed by atoms with Crippen molar-refractivity contribution in [3.8, 4) is 0 Å². The van der Waals surface area contributed by atoms with E-state index in [1.54, 1.807) is 0 Å². The van der Waals surface area contributed by atoms with Gasteiger partial charge in [-0.05, 0) is 51.0 Å². The summed E-state index contributed by atoms with van der Waals surface area (Å²) >= 11 is 1.45. The maximum Gasteiger partial charge on any atom is 0.264 e. The topological polar surface area (TPSA) is 55.2 Å². The van der Waals surface area contributed by atoms with Gasteiger partial charge in [0.25, 0.3) is 11.5 Å². The van der Waals surface area contributed by atoms with Gasteiger partial charge in [-0.25, -0.2) is 4.98 Å². The smallest absolute Gasteiger partial charge is 0.264 e. The number of amides is 1. The standard InChI is InChI=1S/C22H29N3O2S/c1-14-18-20(23-17-10-6-3-7-13-24(17)21(18)26)28-19(14)22(27)25(16-11-12-16)15-8-4-2-5-9-15/h15-16H,2-13H2,1H3. The molecule has 1 aliphatic heterocycles. The van der Waals surface area contributed by atoms with Crippen LogP contribution in [0.3, 0.4) is 0 Å². The van der Waals surface area contributed by atoms with Gasteiger partial charge in [0.05, 0.1) is 10.3 Å². The van der Waals surface area contributed by atoms with Crippen LogP contribution in [0.2, 0.25) is 0 Å². The van der Waals surface area contributed by atoms with E-state index in [0.29, 0.717) is 17.5 Å². The Morgan fingerprint density at radius 2 is 1.75 bits per heavy atom. The predicted molar refractivity (Wildman–Crippen MR) is 112 cm³/mol. The van der Waals surface area contributed by atoms with E-state index in [4.69, 9.17) is 4.98 Å². The summed E-state index contributed by atoms with van der Waals surface area (Å²) in [7, 11) is 0. The zero-order valence-corrected chi connectivity index (χ0v) is 17.5. The van der Waals surface area contributed by atoms with Crippen LogP contribution in [-0.2, 0) is 13.0 Å². The van der Waals surface area contributed by atoms with Gasteiger partial charge in [-0.15, -0.1) is 11.3 Å². The molecule has 5 nitrogen and oxygen atoms in total. The summed E-state index contributed by atoms with van der Waals surface area (Å²) in [6.45, 7) is 2.71. The Morgan fingerprint density at radius 1 is 1.04 bits per heavy atom. The van der Waals surface area contributed by atoms with Crippen LogP contribution < -0.4 is 5.56 Å². The molecular weight excluding hydrogens is 370 g/mol. The number of aromatic nitrogens is 2. The maximum atomic E-state index is 13.6. The first-order valence-corrected chi connectivity index (χ1v) is 11.8. The lowest BCUT2D eigenvalue weighted by Crippen LogP contribution is -2.43. The highest BCUT2D eigenvalue weighted by atomic mass is 32.1. The van der Waals surface area contributed by atoms with Gasteiger partial charge >= 0.3 is 0 Å². The quantitative estimate of drug-likeness (QED) is 0.767. The average molecular weight is 400 g/mol. The number of hydrogen-bond acceptors (Lipinski definition) is 4. The van der Waals surface area contributed by atoms with Gasteiger partial charge in [-0.3, -0.25) is 14.2 Å². The lowest BCUT2D eigenvalue weighted by molar-refractivity contribution is 0.0618. The molecule has 5 rings (SSSR count). The van der Waals surface area contributed by atoms with Crippen LogP contribution in [-0.4, -0.2) is 32.4 Å². The van der Waals surface area contributed by atoms with Crippen molar-refractivity contribution in [2.75, 3.05) is 0 Å². The highest BCUT2D eigenvalue weighted by Crippen LogP contribution is 2.37. The third-order valence-electron chi connectivity index (χ3n) is 6.75. The molecule has 0 saturated heterocycles. The Bertz CT molecular complexity index is 966. The molecule has 2 fully saturated rings. The second-order valence-corrected chi connectivity index (χ2v) is 9.77. The Kier molecular flexibility index (Phi) is 4.77. The molecule has 0 N–H and O–H groups in total. The third kappa shape index (κ3) is 3.10. The minimum atomic E-state index is 0.0605. The van der Waals surface area contributed by atoms with E-state index in [2.05, 4.69) is 4.90 Å². The normalized spacial score (nSPS) is 20.8. The number of rotatable bonds is 3. The van der Waals surface area contributed by atoms with Gasteiger partial charge < -0.3 is 4.90 Å². The lowest BCUT2D eigenvalue weighted by atomic mass is 9.93. The van der Waals surface area contributed by atoms with E-state index >= 15 is 0 Å². The van der Waals surface area contributed by atoms with Gasteiger partial charge in [-0.2, -0.15) is 0 Å². The third-order valence-corrected chi connectivity index (χ3v) is 7.92. The molecule has 0 aromatic carbocycles. The number of aryl methyl sites for hydroxylation is 2. The van der Waals surface area contributed by atoms with Crippen molar-refractivity contribution in [2.24, 2.45) is 0 Å². The number of carbonyl (C=O) groups is 1. The van der Waals surface area contributed by atoms with Gasteiger partial charge in [0, 0.05) is 25.0 Å². The molecule has 3 aliphatic rings. The van der Waals surface area contributed by atoms with Crippen LogP contribution in [0, 0.1) is 6.92 Å². The fourth-order valence-electron chi connectivity index (χ4n) is 5.07. The van der Waals surface area contributed by atoms with E-state index in [1.165, 1.54) is 30.6 Å². The minimum Gasteiger partial charge on any atom is -0.332 e. The van der Waals surface area contributed by atoms with Crippen molar-refractivity contribution in [1.29, 1.82) is 0 Å². The largest absolute Gasteiger partial charge is 0.332 e. The molecule has 150 valence electrons. The van der Waals surface area contributed by atoms with Crippen LogP contribution in [0.15, 0.2) is 4.79 Å². The second-order valence-electron chi connectivity index (χ2n) is 8.77. The molecule has 0 spiro atoms. The van der Waals surface area contributed by atoms with E-state index in [0.717, 1.165) is 79.0 Å². The summed E-state index contributed by atoms with van der Waals surface area (Å²) in [5.41, 5.74) is 0.911. The highest BCUT2D eigenvalue weighted by molar-refractivity contribution is 7.20. The number of nitrogens with zero attached hydrogens (tertiary/aromatic N) is 3. The molecule has 2 aliphatic carbocycles. The van der Waals surface area contributed by atoms with Crippen LogP contribution in [0.25, 0.3) is 10.2 Å².